The van der Waals surface area contributed by atoms with Crippen LogP contribution in [0.4, 0.5) is 5.69 Å². The highest BCUT2D eigenvalue weighted by Gasteiger charge is 2.33. The fourth-order valence-corrected chi connectivity index (χ4v) is 2.79. The van der Waals surface area contributed by atoms with Crippen LogP contribution in [-0.2, 0) is 9.59 Å². The predicted molar refractivity (Wildman–Crippen MR) is 77.2 cm³/mol. The van der Waals surface area contributed by atoms with E-state index in [1.165, 1.54) is 0 Å². The number of amides is 2. The van der Waals surface area contributed by atoms with Gasteiger partial charge in [-0.3, -0.25) is 9.59 Å². The van der Waals surface area contributed by atoms with Crippen molar-refractivity contribution >= 4 is 29.3 Å². The number of anilines is 1. The molecule has 1 unspecified atom stereocenters. The number of nitrogens with one attached hydrogen (secondary N) is 1. The van der Waals surface area contributed by atoms with Crippen LogP contribution in [0.1, 0.15) is 13.3 Å². The predicted octanol–water partition coefficient (Wildman–Crippen LogP) is 2.22. The third-order valence-corrected chi connectivity index (χ3v) is 4.13. The molecule has 4 nitrogen and oxygen atoms in total. The van der Waals surface area contributed by atoms with Crippen molar-refractivity contribution in [1.82, 2.24) is 4.90 Å². The summed E-state index contributed by atoms with van der Waals surface area (Å²) in [6, 6.07) is 7.70. The number of hydrogen-bond donors (Lipinski definition) is 1. The summed E-state index contributed by atoms with van der Waals surface area (Å²) < 4.78 is 0. The maximum absolute atomic E-state index is 12.2. The lowest BCUT2D eigenvalue weighted by atomic mass is 10.1. The average Bonchev–Trinajstić information content (AvgIpc) is 2.80. The second kappa shape index (κ2) is 6.10. The van der Waals surface area contributed by atoms with Crippen molar-refractivity contribution < 1.29 is 9.59 Å². The molecular weight excluding hydrogens is 260 g/mol. The third-order valence-electron chi connectivity index (χ3n) is 3.33. The summed E-state index contributed by atoms with van der Waals surface area (Å²) >= 11 is 1.59. The van der Waals surface area contributed by atoms with Crippen LogP contribution in [0.3, 0.4) is 0 Å². The number of carbonyl (C=O) groups is 2. The van der Waals surface area contributed by atoms with Crippen LogP contribution in [0.15, 0.2) is 29.2 Å². The molecule has 0 bridgehead atoms. The lowest BCUT2D eigenvalue weighted by molar-refractivity contribution is -0.128. The first-order valence-corrected chi connectivity index (χ1v) is 7.59. The maximum Gasteiger partial charge on any atom is 0.229 e. The lowest BCUT2D eigenvalue weighted by Crippen LogP contribution is -2.28. The topological polar surface area (TPSA) is 49.4 Å². The van der Waals surface area contributed by atoms with E-state index in [4.69, 9.17) is 0 Å². The molecule has 102 valence electrons. The van der Waals surface area contributed by atoms with Crippen LogP contribution in [-0.4, -0.2) is 36.1 Å². The Balaban J connectivity index is 2.04. The molecule has 0 radical (unpaired) electrons. The van der Waals surface area contributed by atoms with Gasteiger partial charge in [0.1, 0.15) is 0 Å². The van der Waals surface area contributed by atoms with Gasteiger partial charge >= 0.3 is 0 Å². The second-order valence-electron chi connectivity index (χ2n) is 4.52. The molecule has 1 fully saturated rings. The number of benzene rings is 1. The Morgan fingerprint density at radius 2 is 2.21 bits per heavy atom. The summed E-state index contributed by atoms with van der Waals surface area (Å²) in [5.41, 5.74) is 0.822. The molecule has 1 aromatic carbocycles. The smallest absolute Gasteiger partial charge is 0.229 e. The van der Waals surface area contributed by atoms with Crippen molar-refractivity contribution in [2.45, 2.75) is 18.2 Å². The van der Waals surface area contributed by atoms with Gasteiger partial charge in [0.2, 0.25) is 11.8 Å². The summed E-state index contributed by atoms with van der Waals surface area (Å²) in [6.07, 6.45) is 2.30. The maximum atomic E-state index is 12.2. The van der Waals surface area contributed by atoms with Crippen LogP contribution in [0.25, 0.3) is 0 Å². The number of thioether (sulfide) groups is 1. The van der Waals surface area contributed by atoms with Gasteiger partial charge < -0.3 is 10.2 Å². The number of rotatable bonds is 4. The molecule has 1 N–H and O–H groups in total. The van der Waals surface area contributed by atoms with Crippen molar-refractivity contribution in [2.75, 3.05) is 24.7 Å². The first kappa shape index (κ1) is 13.9. The Morgan fingerprint density at radius 1 is 1.47 bits per heavy atom. The number of para-hydroxylation sites is 1. The summed E-state index contributed by atoms with van der Waals surface area (Å²) in [4.78, 5) is 26.6. The molecule has 5 heteroatoms. The fourth-order valence-electron chi connectivity index (χ4n) is 2.24. The molecule has 0 aliphatic carbocycles. The first-order chi connectivity index (χ1) is 9.15. The molecule has 1 atom stereocenters. The van der Waals surface area contributed by atoms with E-state index in [-0.39, 0.29) is 17.7 Å². The zero-order valence-electron chi connectivity index (χ0n) is 11.2. The van der Waals surface area contributed by atoms with Crippen molar-refractivity contribution in [1.29, 1.82) is 0 Å². The molecular formula is C14H18N2O2S. The largest absolute Gasteiger partial charge is 0.342 e. The molecule has 2 rings (SSSR count). The minimum Gasteiger partial charge on any atom is -0.342 e. The van der Waals surface area contributed by atoms with E-state index in [1.54, 1.807) is 16.7 Å². The highest BCUT2D eigenvalue weighted by atomic mass is 32.2. The molecule has 0 aromatic heterocycles. The summed E-state index contributed by atoms with van der Waals surface area (Å²) in [5.74, 6) is -0.228. The number of likely N-dealkylation sites (tertiary alicyclic amines) is 1. The normalized spacial score (nSPS) is 18.7. The van der Waals surface area contributed by atoms with Crippen LogP contribution in [0, 0.1) is 5.92 Å². The van der Waals surface area contributed by atoms with Crippen LogP contribution in [0.2, 0.25) is 0 Å². The zero-order valence-corrected chi connectivity index (χ0v) is 12.0. The Kier molecular flexibility index (Phi) is 4.47. The zero-order chi connectivity index (χ0) is 13.8. The van der Waals surface area contributed by atoms with E-state index in [1.807, 2.05) is 37.4 Å². The SMILES string of the molecule is CCN1CC(C(=O)Nc2ccccc2SC)CC1=O. The van der Waals surface area contributed by atoms with E-state index in [2.05, 4.69) is 5.32 Å². The van der Waals surface area contributed by atoms with Gasteiger partial charge in [0.15, 0.2) is 0 Å². The van der Waals surface area contributed by atoms with Crippen molar-refractivity contribution in [2.24, 2.45) is 5.92 Å². The van der Waals surface area contributed by atoms with Crippen molar-refractivity contribution in [3.05, 3.63) is 24.3 Å². The monoisotopic (exact) mass is 278 g/mol. The van der Waals surface area contributed by atoms with Gasteiger partial charge in [-0.25, -0.2) is 0 Å². The van der Waals surface area contributed by atoms with Crippen LogP contribution >= 0.6 is 11.8 Å². The second-order valence-corrected chi connectivity index (χ2v) is 5.37. The minimum absolute atomic E-state index is 0.0641. The third kappa shape index (κ3) is 3.10. The summed E-state index contributed by atoms with van der Waals surface area (Å²) in [7, 11) is 0. The molecule has 19 heavy (non-hydrogen) atoms. The fraction of sp³-hybridized carbons (Fsp3) is 0.429. The summed E-state index contributed by atoms with van der Waals surface area (Å²) in [5, 5.41) is 2.93. The van der Waals surface area contributed by atoms with E-state index in [0.717, 1.165) is 10.6 Å². The van der Waals surface area contributed by atoms with Gasteiger partial charge in [0.25, 0.3) is 0 Å². The van der Waals surface area contributed by atoms with E-state index >= 15 is 0 Å². The number of carbonyl (C=O) groups excluding carboxylic acids is 2. The Morgan fingerprint density at radius 3 is 2.84 bits per heavy atom. The molecule has 1 saturated heterocycles. The minimum atomic E-state index is -0.234. The quantitative estimate of drug-likeness (QED) is 0.859. The van der Waals surface area contributed by atoms with Gasteiger partial charge in [-0.1, -0.05) is 12.1 Å². The molecule has 0 saturated carbocycles. The highest BCUT2D eigenvalue weighted by Crippen LogP contribution is 2.26. The molecule has 1 heterocycles. The van der Waals surface area contributed by atoms with Gasteiger partial charge in [-0.15, -0.1) is 11.8 Å². The Labute approximate surface area is 117 Å². The highest BCUT2D eigenvalue weighted by molar-refractivity contribution is 7.98. The van der Waals surface area contributed by atoms with E-state index in [9.17, 15) is 9.59 Å². The lowest BCUT2D eigenvalue weighted by Gasteiger charge is -2.14. The Hall–Kier alpha value is -1.49. The first-order valence-electron chi connectivity index (χ1n) is 6.37. The van der Waals surface area contributed by atoms with E-state index < -0.39 is 0 Å². The molecule has 1 aromatic rings. The van der Waals surface area contributed by atoms with Gasteiger partial charge in [0.05, 0.1) is 11.6 Å². The number of nitrogens with zero attached hydrogens (tertiary/aromatic N) is 1. The van der Waals surface area contributed by atoms with Crippen LogP contribution < -0.4 is 5.32 Å². The molecule has 0 spiro atoms. The summed E-state index contributed by atoms with van der Waals surface area (Å²) in [6.45, 7) is 3.13. The molecule has 1 aliphatic rings. The Bertz CT molecular complexity index is 490. The van der Waals surface area contributed by atoms with Gasteiger partial charge in [-0.05, 0) is 25.3 Å². The van der Waals surface area contributed by atoms with Crippen molar-refractivity contribution in [3.63, 3.8) is 0 Å². The molecule has 1 aliphatic heterocycles. The van der Waals surface area contributed by atoms with Crippen LogP contribution in [0.5, 0.6) is 0 Å². The standard InChI is InChI=1S/C14H18N2O2S/c1-3-16-9-10(8-13(16)17)14(18)15-11-6-4-5-7-12(11)19-2/h4-7,10H,3,8-9H2,1-2H3,(H,15,18). The van der Waals surface area contributed by atoms with Gasteiger partial charge in [-0.2, -0.15) is 0 Å². The number of hydrogen-bond acceptors (Lipinski definition) is 3. The van der Waals surface area contributed by atoms with Gasteiger partial charge in [0, 0.05) is 24.4 Å². The molecule has 2 amide bonds. The average molecular weight is 278 g/mol. The van der Waals surface area contributed by atoms with Crippen molar-refractivity contribution in [3.8, 4) is 0 Å². The van der Waals surface area contributed by atoms with E-state index in [0.29, 0.717) is 19.5 Å².